The number of amides is 2. The topological polar surface area (TPSA) is 62.3 Å². The third-order valence-corrected chi connectivity index (χ3v) is 4.88. The highest BCUT2D eigenvalue weighted by molar-refractivity contribution is 7.17. The quantitative estimate of drug-likeness (QED) is 0.920. The number of thiazole rings is 1. The van der Waals surface area contributed by atoms with E-state index in [1.54, 1.807) is 18.4 Å². The van der Waals surface area contributed by atoms with E-state index >= 15 is 0 Å². The van der Waals surface area contributed by atoms with Gasteiger partial charge in [0.05, 0.1) is 12.2 Å². The molecule has 2 aromatic heterocycles. The molecule has 0 radical (unpaired) electrons. The second-order valence-electron chi connectivity index (χ2n) is 6.40. The fourth-order valence-corrected chi connectivity index (χ4v) is 3.80. The van der Waals surface area contributed by atoms with Crippen molar-refractivity contribution < 1.29 is 9.59 Å². The molecule has 7 heteroatoms. The number of thiophene rings is 1. The Morgan fingerprint density at radius 2 is 2.04 bits per heavy atom. The Bertz CT molecular complexity index is 699. The van der Waals surface area contributed by atoms with Crippen molar-refractivity contribution in [1.29, 1.82) is 0 Å². The van der Waals surface area contributed by atoms with E-state index in [1.165, 1.54) is 16.2 Å². The summed E-state index contributed by atoms with van der Waals surface area (Å²) in [5, 5.41) is 7.68. The molecule has 0 atom stereocenters. The van der Waals surface area contributed by atoms with Gasteiger partial charge in [-0.1, -0.05) is 0 Å². The monoisotopic (exact) mass is 351 g/mol. The molecular weight excluding hydrogens is 330 g/mol. The maximum atomic E-state index is 12.6. The molecule has 1 N–H and O–H groups in total. The van der Waals surface area contributed by atoms with Crippen molar-refractivity contribution in [1.82, 2.24) is 15.2 Å². The number of carbonyl (C=O) groups is 2. The highest BCUT2D eigenvalue weighted by Crippen LogP contribution is 2.29. The Hall–Kier alpha value is -1.73. The van der Waals surface area contributed by atoms with Gasteiger partial charge in [0, 0.05) is 23.5 Å². The molecule has 23 heavy (non-hydrogen) atoms. The maximum Gasteiger partial charge on any atom is 0.266 e. The first-order valence-corrected chi connectivity index (χ1v) is 9.00. The van der Waals surface area contributed by atoms with Gasteiger partial charge in [-0.25, -0.2) is 4.98 Å². The van der Waals surface area contributed by atoms with Gasteiger partial charge in [0.15, 0.2) is 0 Å². The van der Waals surface area contributed by atoms with Gasteiger partial charge in [-0.2, -0.15) is 11.3 Å². The van der Waals surface area contributed by atoms with Gasteiger partial charge in [-0.15, -0.1) is 11.3 Å². The summed E-state index contributed by atoms with van der Waals surface area (Å²) in [5.41, 5.74) is 1.41. The molecule has 0 saturated carbocycles. The summed E-state index contributed by atoms with van der Waals surface area (Å²) in [4.78, 5) is 31.0. The Labute approximate surface area is 144 Å². The first-order valence-electron chi connectivity index (χ1n) is 7.24. The molecule has 2 rings (SSSR count). The standard InChI is InChI=1S/C16H21N3O2S2/c1-10-13(23-14(17-10)11-6-7-22-9-11)15(21)19(5)8-12(20)18-16(2,3)4/h6-7,9H,8H2,1-5H3,(H,18,20). The number of aromatic nitrogens is 1. The summed E-state index contributed by atoms with van der Waals surface area (Å²) in [7, 11) is 1.63. The van der Waals surface area contributed by atoms with Crippen molar-refractivity contribution in [3.8, 4) is 10.6 Å². The Morgan fingerprint density at radius 1 is 1.35 bits per heavy atom. The summed E-state index contributed by atoms with van der Waals surface area (Å²) < 4.78 is 0. The van der Waals surface area contributed by atoms with Crippen LogP contribution < -0.4 is 5.32 Å². The fourth-order valence-electron chi connectivity index (χ4n) is 2.02. The largest absolute Gasteiger partial charge is 0.350 e. The van der Waals surface area contributed by atoms with Crippen LogP contribution in [0.15, 0.2) is 16.8 Å². The lowest BCUT2D eigenvalue weighted by molar-refractivity contribution is -0.122. The van der Waals surface area contributed by atoms with Crippen molar-refractivity contribution in [3.63, 3.8) is 0 Å². The number of nitrogens with zero attached hydrogens (tertiary/aromatic N) is 2. The minimum absolute atomic E-state index is 0.0290. The normalized spacial score (nSPS) is 11.3. The molecule has 0 aliphatic rings. The number of nitrogens with one attached hydrogen (secondary N) is 1. The van der Waals surface area contributed by atoms with Gasteiger partial charge in [0.1, 0.15) is 9.88 Å². The molecule has 0 saturated heterocycles. The number of hydrogen-bond donors (Lipinski definition) is 1. The number of hydrogen-bond acceptors (Lipinski definition) is 5. The second kappa shape index (κ2) is 6.80. The molecule has 5 nitrogen and oxygen atoms in total. The summed E-state index contributed by atoms with van der Waals surface area (Å²) >= 11 is 2.96. The highest BCUT2D eigenvalue weighted by Gasteiger charge is 2.22. The predicted octanol–water partition coefficient (Wildman–Crippen LogP) is 3.17. The highest BCUT2D eigenvalue weighted by atomic mass is 32.1. The Kier molecular flexibility index (Phi) is 5.21. The van der Waals surface area contributed by atoms with E-state index in [2.05, 4.69) is 10.3 Å². The van der Waals surface area contributed by atoms with Crippen LogP contribution in [0, 0.1) is 6.92 Å². The first-order chi connectivity index (χ1) is 10.7. The van der Waals surface area contributed by atoms with Crippen molar-refractivity contribution >= 4 is 34.5 Å². The van der Waals surface area contributed by atoms with Crippen molar-refractivity contribution in [3.05, 3.63) is 27.4 Å². The first kappa shape index (κ1) is 17.6. The van der Waals surface area contributed by atoms with E-state index in [-0.39, 0.29) is 23.9 Å². The molecule has 2 amide bonds. The summed E-state index contributed by atoms with van der Waals surface area (Å²) in [6.07, 6.45) is 0. The number of carbonyl (C=O) groups excluding carboxylic acids is 2. The van der Waals surface area contributed by atoms with Crippen molar-refractivity contribution in [2.45, 2.75) is 33.2 Å². The average Bonchev–Trinajstić information content (AvgIpc) is 3.04. The fraction of sp³-hybridized carbons (Fsp3) is 0.438. The van der Waals surface area contributed by atoms with Gasteiger partial charge in [-0.05, 0) is 39.1 Å². The molecule has 124 valence electrons. The zero-order chi connectivity index (χ0) is 17.2. The SMILES string of the molecule is Cc1nc(-c2ccsc2)sc1C(=O)N(C)CC(=O)NC(C)(C)C. The summed E-state index contributed by atoms with van der Waals surface area (Å²) in [6, 6.07) is 1.98. The number of rotatable bonds is 4. The second-order valence-corrected chi connectivity index (χ2v) is 8.18. The molecule has 2 heterocycles. The number of aryl methyl sites for hydroxylation is 1. The number of likely N-dealkylation sites (N-methyl/N-ethyl adjacent to an activating group) is 1. The zero-order valence-corrected chi connectivity index (χ0v) is 15.6. The van der Waals surface area contributed by atoms with Crippen LogP contribution in [0.1, 0.15) is 36.1 Å². The van der Waals surface area contributed by atoms with Crippen LogP contribution in [-0.2, 0) is 4.79 Å². The predicted molar refractivity (Wildman–Crippen MR) is 95.0 cm³/mol. The Balaban J connectivity index is 2.09. The molecular formula is C16H21N3O2S2. The molecule has 0 aliphatic heterocycles. The average molecular weight is 351 g/mol. The summed E-state index contributed by atoms with van der Waals surface area (Å²) in [6.45, 7) is 7.58. The van der Waals surface area contributed by atoms with Crippen LogP contribution in [0.3, 0.4) is 0 Å². The van der Waals surface area contributed by atoms with E-state index in [0.29, 0.717) is 10.6 Å². The van der Waals surface area contributed by atoms with E-state index in [0.717, 1.165) is 10.6 Å². The third kappa shape index (κ3) is 4.62. The van der Waals surface area contributed by atoms with Gasteiger partial charge in [0.25, 0.3) is 5.91 Å². The molecule has 0 aromatic carbocycles. The lowest BCUT2D eigenvalue weighted by Crippen LogP contribution is -2.46. The third-order valence-electron chi connectivity index (χ3n) is 3.00. The van der Waals surface area contributed by atoms with Crippen LogP contribution in [0.25, 0.3) is 10.6 Å². The molecule has 0 aliphatic carbocycles. The minimum Gasteiger partial charge on any atom is -0.350 e. The van der Waals surface area contributed by atoms with E-state index in [9.17, 15) is 9.59 Å². The van der Waals surface area contributed by atoms with E-state index < -0.39 is 0 Å². The zero-order valence-electron chi connectivity index (χ0n) is 14.0. The van der Waals surface area contributed by atoms with Crippen LogP contribution in [0.4, 0.5) is 0 Å². The molecule has 0 fully saturated rings. The van der Waals surface area contributed by atoms with Crippen LogP contribution in [0.5, 0.6) is 0 Å². The smallest absolute Gasteiger partial charge is 0.266 e. The maximum absolute atomic E-state index is 12.6. The summed E-state index contributed by atoms with van der Waals surface area (Å²) in [5.74, 6) is -0.348. The van der Waals surface area contributed by atoms with Crippen LogP contribution >= 0.6 is 22.7 Å². The molecule has 0 unspecified atom stereocenters. The lowest BCUT2D eigenvalue weighted by Gasteiger charge is -2.23. The lowest BCUT2D eigenvalue weighted by atomic mass is 10.1. The molecule has 0 spiro atoms. The van der Waals surface area contributed by atoms with Gasteiger partial charge in [-0.3, -0.25) is 9.59 Å². The Morgan fingerprint density at radius 3 is 2.61 bits per heavy atom. The minimum atomic E-state index is -0.312. The molecule has 0 bridgehead atoms. The van der Waals surface area contributed by atoms with Crippen LogP contribution in [-0.4, -0.2) is 40.8 Å². The van der Waals surface area contributed by atoms with E-state index in [4.69, 9.17) is 0 Å². The van der Waals surface area contributed by atoms with Gasteiger partial charge in [0.2, 0.25) is 5.91 Å². The van der Waals surface area contributed by atoms with Gasteiger partial charge >= 0.3 is 0 Å². The van der Waals surface area contributed by atoms with Crippen molar-refractivity contribution in [2.75, 3.05) is 13.6 Å². The van der Waals surface area contributed by atoms with E-state index in [1.807, 2.05) is 44.5 Å². The van der Waals surface area contributed by atoms with Crippen molar-refractivity contribution in [2.24, 2.45) is 0 Å². The van der Waals surface area contributed by atoms with Crippen LogP contribution in [0.2, 0.25) is 0 Å². The molecule has 2 aromatic rings. The van der Waals surface area contributed by atoms with Gasteiger partial charge < -0.3 is 10.2 Å².